The van der Waals surface area contributed by atoms with Crippen molar-refractivity contribution in [1.29, 1.82) is 0 Å². The molecule has 1 fully saturated rings. The number of rotatable bonds is 4. The Morgan fingerprint density at radius 1 is 1.11 bits per heavy atom. The number of sulfonamides is 2. The maximum absolute atomic E-state index is 12.1. The lowest BCUT2D eigenvalue weighted by molar-refractivity contribution is 0.584. The summed E-state index contributed by atoms with van der Waals surface area (Å²) in [5, 5.41) is 4.61. The lowest BCUT2D eigenvalue weighted by Gasteiger charge is -2.13. The number of hydrogen-bond acceptors (Lipinski definition) is 4. The Balaban J connectivity index is 2.24. The quantitative estimate of drug-likeness (QED) is 0.866. The summed E-state index contributed by atoms with van der Waals surface area (Å²) in [6.07, 6.45) is 3.10. The topological polar surface area (TPSA) is 106 Å². The third-order valence-electron chi connectivity index (χ3n) is 3.16. The van der Waals surface area contributed by atoms with Crippen LogP contribution in [0.25, 0.3) is 0 Å². The molecule has 3 N–H and O–H groups in total. The van der Waals surface area contributed by atoms with E-state index in [1.807, 2.05) is 0 Å². The maximum atomic E-state index is 12.1. The molecule has 106 valence electrons. The minimum Gasteiger partial charge on any atom is -0.283 e. The smallest absolute Gasteiger partial charge is 0.238 e. The number of primary sulfonamides is 1. The molecule has 6 nitrogen and oxygen atoms in total. The van der Waals surface area contributed by atoms with E-state index in [1.54, 1.807) is 0 Å². The first-order valence-corrected chi connectivity index (χ1v) is 9.03. The van der Waals surface area contributed by atoms with Gasteiger partial charge in [0.15, 0.2) is 0 Å². The summed E-state index contributed by atoms with van der Waals surface area (Å²) >= 11 is 0. The van der Waals surface area contributed by atoms with E-state index < -0.39 is 25.3 Å². The largest absolute Gasteiger partial charge is 0.283 e. The van der Waals surface area contributed by atoms with Crippen molar-refractivity contribution in [2.45, 2.75) is 35.8 Å². The van der Waals surface area contributed by atoms with E-state index in [0.29, 0.717) is 12.8 Å². The molecule has 1 aliphatic carbocycles. The van der Waals surface area contributed by atoms with Crippen LogP contribution < -0.4 is 9.86 Å². The van der Waals surface area contributed by atoms with Crippen LogP contribution in [0.3, 0.4) is 0 Å². The minimum absolute atomic E-state index is 0.112. The monoisotopic (exact) mass is 304 g/mol. The Bertz CT molecular complexity index is 662. The minimum atomic E-state index is -3.83. The van der Waals surface area contributed by atoms with E-state index >= 15 is 0 Å². The van der Waals surface area contributed by atoms with Crippen molar-refractivity contribution in [2.24, 2.45) is 5.14 Å². The molecule has 1 aromatic rings. The lowest BCUT2D eigenvalue weighted by atomic mass is 10.3. The molecule has 0 atom stereocenters. The first-order chi connectivity index (χ1) is 8.79. The van der Waals surface area contributed by atoms with Crippen LogP contribution in [-0.4, -0.2) is 22.1 Å². The first kappa shape index (κ1) is 14.3. The first-order valence-electron chi connectivity index (χ1n) is 5.93. The summed E-state index contributed by atoms with van der Waals surface area (Å²) in [6.45, 7) is 0. The lowest BCUT2D eigenvalue weighted by Crippen LogP contribution is -2.25. The number of hydrogen-bond donors (Lipinski definition) is 2. The van der Waals surface area contributed by atoms with Gasteiger partial charge < -0.3 is 0 Å². The van der Waals surface area contributed by atoms with Gasteiger partial charge in [-0.05, 0) is 31.0 Å². The van der Waals surface area contributed by atoms with E-state index in [4.69, 9.17) is 5.14 Å². The molecule has 19 heavy (non-hydrogen) atoms. The van der Waals surface area contributed by atoms with Crippen LogP contribution in [0.1, 0.15) is 25.7 Å². The van der Waals surface area contributed by atoms with Crippen LogP contribution in [0.2, 0.25) is 0 Å². The van der Waals surface area contributed by atoms with E-state index in [9.17, 15) is 16.8 Å². The molecule has 0 aromatic heterocycles. The fourth-order valence-corrected chi connectivity index (χ4v) is 4.32. The zero-order valence-corrected chi connectivity index (χ0v) is 11.9. The fraction of sp³-hybridized carbons (Fsp3) is 0.455. The third-order valence-corrected chi connectivity index (χ3v) is 5.94. The molecule has 0 bridgehead atoms. The van der Waals surface area contributed by atoms with Gasteiger partial charge in [0.2, 0.25) is 20.0 Å². The average molecular weight is 304 g/mol. The second-order valence-corrected chi connectivity index (χ2v) is 8.15. The summed E-state index contributed by atoms with van der Waals surface area (Å²) in [5.41, 5.74) is 0.221. The van der Waals surface area contributed by atoms with Crippen molar-refractivity contribution >= 4 is 25.7 Å². The Morgan fingerprint density at radius 2 is 1.74 bits per heavy atom. The zero-order valence-electron chi connectivity index (χ0n) is 10.2. The maximum Gasteiger partial charge on any atom is 0.238 e. The number of anilines is 1. The summed E-state index contributed by atoms with van der Waals surface area (Å²) in [6, 6.07) is 5.50. The molecule has 0 heterocycles. The summed E-state index contributed by atoms with van der Waals surface area (Å²) in [7, 11) is -7.30. The van der Waals surface area contributed by atoms with Crippen molar-refractivity contribution in [2.75, 3.05) is 4.72 Å². The molecule has 1 saturated carbocycles. The van der Waals surface area contributed by atoms with Crippen LogP contribution in [0.15, 0.2) is 29.2 Å². The normalized spacial score (nSPS) is 17.5. The molecule has 2 rings (SSSR count). The summed E-state index contributed by atoms with van der Waals surface area (Å²) in [4.78, 5) is -0.112. The number of nitrogens with one attached hydrogen (secondary N) is 1. The van der Waals surface area contributed by atoms with Gasteiger partial charge in [-0.1, -0.05) is 18.9 Å². The molecular weight excluding hydrogens is 288 g/mol. The van der Waals surface area contributed by atoms with E-state index in [2.05, 4.69) is 4.72 Å². The predicted molar refractivity (Wildman–Crippen MR) is 72.6 cm³/mol. The molecule has 1 aliphatic rings. The zero-order chi connectivity index (χ0) is 14.1. The van der Waals surface area contributed by atoms with E-state index in [0.717, 1.165) is 12.8 Å². The van der Waals surface area contributed by atoms with Gasteiger partial charge in [-0.2, -0.15) is 0 Å². The van der Waals surface area contributed by atoms with Gasteiger partial charge in [0, 0.05) is 5.69 Å². The van der Waals surface area contributed by atoms with Crippen molar-refractivity contribution < 1.29 is 16.8 Å². The van der Waals surface area contributed by atoms with E-state index in [-0.39, 0.29) is 10.6 Å². The summed E-state index contributed by atoms with van der Waals surface area (Å²) < 4.78 is 49.0. The predicted octanol–water partition coefficient (Wildman–Crippen LogP) is 1.02. The Morgan fingerprint density at radius 3 is 2.32 bits per heavy atom. The SMILES string of the molecule is NS(=O)(=O)c1cccc(NS(=O)(=O)C2CCCC2)c1. The van der Waals surface area contributed by atoms with Crippen LogP contribution in [0, 0.1) is 0 Å². The molecule has 0 unspecified atom stereocenters. The standard InChI is InChI=1S/C11H16N2O4S2/c12-18(14,15)11-7-3-4-9(8-11)13-19(16,17)10-5-1-2-6-10/h3-4,7-8,10,13H,1-2,5-6H2,(H2,12,14,15). The number of nitrogens with two attached hydrogens (primary N) is 1. The van der Waals surface area contributed by atoms with Gasteiger partial charge in [0.05, 0.1) is 10.1 Å². The van der Waals surface area contributed by atoms with Gasteiger partial charge in [0.1, 0.15) is 0 Å². The Hall–Kier alpha value is -1.12. The highest BCUT2D eigenvalue weighted by molar-refractivity contribution is 7.93. The van der Waals surface area contributed by atoms with Crippen molar-refractivity contribution in [3.8, 4) is 0 Å². The number of benzene rings is 1. The van der Waals surface area contributed by atoms with Crippen LogP contribution in [-0.2, 0) is 20.0 Å². The molecule has 1 aromatic carbocycles. The fourth-order valence-electron chi connectivity index (χ4n) is 2.18. The van der Waals surface area contributed by atoms with Crippen molar-refractivity contribution in [3.05, 3.63) is 24.3 Å². The summed E-state index contributed by atoms with van der Waals surface area (Å²) in [5.74, 6) is 0. The van der Waals surface area contributed by atoms with Gasteiger partial charge >= 0.3 is 0 Å². The highest BCUT2D eigenvalue weighted by atomic mass is 32.2. The van der Waals surface area contributed by atoms with Gasteiger partial charge in [-0.25, -0.2) is 22.0 Å². The van der Waals surface area contributed by atoms with Crippen molar-refractivity contribution in [1.82, 2.24) is 0 Å². The van der Waals surface area contributed by atoms with E-state index in [1.165, 1.54) is 24.3 Å². The van der Waals surface area contributed by atoms with Gasteiger partial charge in [-0.15, -0.1) is 0 Å². The van der Waals surface area contributed by atoms with Gasteiger partial charge in [0.25, 0.3) is 0 Å². The molecule has 0 radical (unpaired) electrons. The van der Waals surface area contributed by atoms with Crippen LogP contribution >= 0.6 is 0 Å². The third kappa shape index (κ3) is 3.46. The molecule has 8 heteroatoms. The Kier molecular flexibility index (Phi) is 3.84. The molecular formula is C11H16N2O4S2. The molecule has 0 amide bonds. The second-order valence-electron chi connectivity index (χ2n) is 4.63. The Labute approximate surface area is 113 Å². The molecule has 0 saturated heterocycles. The second kappa shape index (κ2) is 5.10. The molecule has 0 aliphatic heterocycles. The van der Waals surface area contributed by atoms with Gasteiger partial charge in [-0.3, -0.25) is 4.72 Å². The highest BCUT2D eigenvalue weighted by Crippen LogP contribution is 2.26. The van der Waals surface area contributed by atoms with Crippen molar-refractivity contribution in [3.63, 3.8) is 0 Å². The van der Waals surface area contributed by atoms with Crippen LogP contribution in [0.5, 0.6) is 0 Å². The highest BCUT2D eigenvalue weighted by Gasteiger charge is 2.28. The average Bonchev–Trinajstić information content (AvgIpc) is 2.81. The van der Waals surface area contributed by atoms with Crippen LogP contribution in [0.4, 0.5) is 5.69 Å². The molecule has 0 spiro atoms.